The highest BCUT2D eigenvalue weighted by Crippen LogP contribution is 2.22. The minimum Gasteiger partial charge on any atom is -0.478 e. The summed E-state index contributed by atoms with van der Waals surface area (Å²) in [7, 11) is 0. The molecule has 1 aliphatic heterocycles. The molecule has 0 spiro atoms. The van der Waals surface area contributed by atoms with E-state index in [1.165, 1.54) is 6.92 Å². The van der Waals surface area contributed by atoms with E-state index >= 15 is 0 Å². The summed E-state index contributed by atoms with van der Waals surface area (Å²) in [6.07, 6.45) is 0.589. The van der Waals surface area contributed by atoms with Crippen LogP contribution in [0.4, 0.5) is 0 Å². The van der Waals surface area contributed by atoms with Crippen molar-refractivity contribution in [1.29, 1.82) is 0 Å². The number of rotatable bonds is 3. The largest absolute Gasteiger partial charge is 0.478 e. The topological polar surface area (TPSA) is 98.7 Å². The molecular weight excluding hydrogens is 274 g/mol. The molecule has 1 aromatic carbocycles. The number of amides is 2. The normalized spacial score (nSPS) is 14.1. The lowest BCUT2D eigenvalue weighted by atomic mass is 9.94. The standard InChI is InChI=1S/C14H17N3O4/c1-9(18)15-16-13(19)8-17-6-5-11-10(7-17)3-2-4-12(11)14(20)21/h2-4H,5-8H2,1H3,(H,15,18)(H,16,19)(H,20,21). The Morgan fingerprint density at radius 1 is 1.29 bits per heavy atom. The number of carboxylic acid groups (broad SMARTS) is 1. The van der Waals surface area contributed by atoms with Crippen LogP contribution in [0.2, 0.25) is 0 Å². The van der Waals surface area contributed by atoms with Crippen LogP contribution >= 0.6 is 0 Å². The number of carboxylic acids is 1. The summed E-state index contributed by atoms with van der Waals surface area (Å²) >= 11 is 0. The van der Waals surface area contributed by atoms with Crippen molar-refractivity contribution in [3.05, 3.63) is 34.9 Å². The molecule has 7 nitrogen and oxygen atoms in total. The first-order valence-corrected chi connectivity index (χ1v) is 6.59. The van der Waals surface area contributed by atoms with Gasteiger partial charge < -0.3 is 5.11 Å². The first-order chi connectivity index (χ1) is 9.97. The lowest BCUT2D eigenvalue weighted by molar-refractivity contribution is -0.128. The van der Waals surface area contributed by atoms with Crippen LogP contribution in [-0.4, -0.2) is 40.9 Å². The fraction of sp³-hybridized carbons (Fsp3) is 0.357. The Bertz CT molecular complexity index is 586. The third kappa shape index (κ3) is 3.79. The number of hydrazine groups is 1. The van der Waals surface area contributed by atoms with Gasteiger partial charge >= 0.3 is 5.97 Å². The highest BCUT2D eigenvalue weighted by Gasteiger charge is 2.22. The van der Waals surface area contributed by atoms with Crippen LogP contribution in [0.1, 0.15) is 28.4 Å². The number of benzene rings is 1. The SMILES string of the molecule is CC(=O)NNC(=O)CN1CCc2c(cccc2C(=O)O)C1. The quantitative estimate of drug-likeness (QED) is 0.676. The molecule has 0 atom stereocenters. The summed E-state index contributed by atoms with van der Waals surface area (Å²) in [5.74, 6) is -1.56. The van der Waals surface area contributed by atoms with Crippen LogP contribution in [0, 0.1) is 0 Å². The maximum absolute atomic E-state index is 11.6. The molecule has 2 rings (SSSR count). The molecule has 1 heterocycles. The van der Waals surface area contributed by atoms with E-state index in [0.717, 1.165) is 11.1 Å². The van der Waals surface area contributed by atoms with Gasteiger partial charge in [0.1, 0.15) is 0 Å². The van der Waals surface area contributed by atoms with Crippen LogP contribution in [-0.2, 0) is 22.6 Å². The molecule has 1 aliphatic rings. The van der Waals surface area contributed by atoms with E-state index in [1.54, 1.807) is 12.1 Å². The molecule has 2 amide bonds. The fourth-order valence-electron chi connectivity index (χ4n) is 2.40. The summed E-state index contributed by atoms with van der Waals surface area (Å²) in [4.78, 5) is 35.4. The van der Waals surface area contributed by atoms with Gasteiger partial charge in [0.15, 0.2) is 0 Å². The van der Waals surface area contributed by atoms with Crippen molar-refractivity contribution in [1.82, 2.24) is 15.8 Å². The average molecular weight is 291 g/mol. The molecule has 0 aromatic heterocycles. The Kier molecular flexibility index (Phi) is 4.54. The molecule has 1 aromatic rings. The average Bonchev–Trinajstić information content (AvgIpc) is 2.44. The monoisotopic (exact) mass is 291 g/mol. The van der Waals surface area contributed by atoms with E-state index in [-0.39, 0.29) is 18.4 Å². The van der Waals surface area contributed by atoms with Crippen molar-refractivity contribution in [3.8, 4) is 0 Å². The molecule has 7 heteroatoms. The first kappa shape index (κ1) is 15.0. The number of hydrogen-bond donors (Lipinski definition) is 3. The molecule has 0 bridgehead atoms. The van der Waals surface area contributed by atoms with E-state index in [1.807, 2.05) is 11.0 Å². The molecule has 0 saturated carbocycles. The number of nitrogens with one attached hydrogen (secondary N) is 2. The van der Waals surface area contributed by atoms with Gasteiger partial charge in [-0.3, -0.25) is 25.3 Å². The van der Waals surface area contributed by atoms with Crippen LogP contribution in [0.5, 0.6) is 0 Å². The van der Waals surface area contributed by atoms with Gasteiger partial charge in [0.05, 0.1) is 12.1 Å². The van der Waals surface area contributed by atoms with Gasteiger partial charge in [0.25, 0.3) is 5.91 Å². The van der Waals surface area contributed by atoms with E-state index < -0.39 is 5.97 Å². The summed E-state index contributed by atoms with van der Waals surface area (Å²) in [6, 6.07) is 5.18. The summed E-state index contributed by atoms with van der Waals surface area (Å²) < 4.78 is 0. The van der Waals surface area contributed by atoms with Crippen molar-refractivity contribution >= 4 is 17.8 Å². The molecule has 0 unspecified atom stereocenters. The van der Waals surface area contributed by atoms with Crippen molar-refractivity contribution in [3.63, 3.8) is 0 Å². The fourth-order valence-corrected chi connectivity index (χ4v) is 2.40. The van der Waals surface area contributed by atoms with Gasteiger partial charge in [-0.2, -0.15) is 0 Å². The predicted molar refractivity (Wildman–Crippen MR) is 74.3 cm³/mol. The zero-order chi connectivity index (χ0) is 15.4. The Morgan fingerprint density at radius 2 is 2.05 bits per heavy atom. The first-order valence-electron chi connectivity index (χ1n) is 6.59. The molecule has 112 valence electrons. The van der Waals surface area contributed by atoms with Crippen molar-refractivity contribution < 1.29 is 19.5 Å². The zero-order valence-corrected chi connectivity index (χ0v) is 11.7. The second-order valence-corrected chi connectivity index (χ2v) is 4.94. The van der Waals surface area contributed by atoms with Gasteiger partial charge in [-0.1, -0.05) is 12.1 Å². The van der Waals surface area contributed by atoms with Gasteiger partial charge in [-0.15, -0.1) is 0 Å². The highest BCUT2D eigenvalue weighted by molar-refractivity contribution is 5.90. The molecule has 0 aliphatic carbocycles. The zero-order valence-electron chi connectivity index (χ0n) is 11.7. The minimum atomic E-state index is -0.927. The van der Waals surface area contributed by atoms with Crippen molar-refractivity contribution in [2.75, 3.05) is 13.1 Å². The van der Waals surface area contributed by atoms with E-state index in [4.69, 9.17) is 5.11 Å². The van der Waals surface area contributed by atoms with Crippen molar-refractivity contribution in [2.24, 2.45) is 0 Å². The number of carbonyl (C=O) groups is 3. The lowest BCUT2D eigenvalue weighted by Gasteiger charge is -2.28. The van der Waals surface area contributed by atoms with Crippen LogP contribution in [0.15, 0.2) is 18.2 Å². The molecule has 0 fully saturated rings. The highest BCUT2D eigenvalue weighted by atomic mass is 16.4. The van der Waals surface area contributed by atoms with Gasteiger partial charge in [-0.05, 0) is 23.6 Å². The maximum atomic E-state index is 11.6. The van der Waals surface area contributed by atoms with E-state index in [9.17, 15) is 14.4 Å². The lowest BCUT2D eigenvalue weighted by Crippen LogP contribution is -2.46. The number of fused-ring (bicyclic) bond motifs is 1. The maximum Gasteiger partial charge on any atom is 0.335 e. The Morgan fingerprint density at radius 3 is 2.71 bits per heavy atom. The number of hydrogen-bond acceptors (Lipinski definition) is 4. The molecule has 0 saturated heterocycles. The van der Waals surface area contributed by atoms with Gasteiger partial charge in [0, 0.05) is 20.0 Å². The van der Waals surface area contributed by atoms with Crippen LogP contribution < -0.4 is 10.9 Å². The third-order valence-corrected chi connectivity index (χ3v) is 3.32. The van der Waals surface area contributed by atoms with Crippen molar-refractivity contribution in [2.45, 2.75) is 19.9 Å². The Balaban J connectivity index is 2.00. The summed E-state index contributed by atoms with van der Waals surface area (Å²) in [6.45, 7) is 2.58. The molecule has 3 N–H and O–H groups in total. The van der Waals surface area contributed by atoms with E-state index in [0.29, 0.717) is 25.1 Å². The number of carbonyl (C=O) groups excluding carboxylic acids is 2. The molecular formula is C14H17N3O4. The third-order valence-electron chi connectivity index (χ3n) is 3.32. The Labute approximate surface area is 121 Å². The molecule has 21 heavy (non-hydrogen) atoms. The summed E-state index contributed by atoms with van der Waals surface area (Å²) in [5.41, 5.74) is 6.63. The van der Waals surface area contributed by atoms with Gasteiger partial charge in [-0.25, -0.2) is 4.79 Å². The second kappa shape index (κ2) is 6.36. The predicted octanol–water partition coefficient (Wildman–Crippen LogP) is -0.0898. The van der Waals surface area contributed by atoms with Crippen LogP contribution in [0.3, 0.4) is 0 Å². The minimum absolute atomic E-state index is 0.150. The Hall–Kier alpha value is -2.41. The smallest absolute Gasteiger partial charge is 0.335 e. The van der Waals surface area contributed by atoms with Crippen LogP contribution in [0.25, 0.3) is 0 Å². The van der Waals surface area contributed by atoms with Gasteiger partial charge in [0.2, 0.25) is 5.91 Å². The van der Waals surface area contributed by atoms with E-state index in [2.05, 4.69) is 10.9 Å². The number of nitrogens with zero attached hydrogens (tertiary/aromatic N) is 1. The molecule has 0 radical (unpaired) electrons. The summed E-state index contributed by atoms with van der Waals surface area (Å²) in [5, 5.41) is 9.16. The second-order valence-electron chi connectivity index (χ2n) is 4.94. The number of aromatic carboxylic acids is 1.